The summed E-state index contributed by atoms with van der Waals surface area (Å²) in [5, 5.41) is 5.21. The van der Waals surface area contributed by atoms with E-state index in [4.69, 9.17) is 0 Å². The van der Waals surface area contributed by atoms with Gasteiger partial charge >= 0.3 is 12.2 Å². The largest absolute Gasteiger partial charge is 0.405 e. The van der Waals surface area contributed by atoms with Gasteiger partial charge < -0.3 is 15.5 Å². The predicted octanol–water partition coefficient (Wildman–Crippen LogP) is 1.58. The van der Waals surface area contributed by atoms with Crippen LogP contribution in [0.1, 0.15) is 20.3 Å². The predicted molar refractivity (Wildman–Crippen MR) is 62.3 cm³/mol. The molecule has 0 radical (unpaired) electrons. The van der Waals surface area contributed by atoms with Crippen molar-refractivity contribution in [3.8, 4) is 0 Å². The Labute approximate surface area is 105 Å². The van der Waals surface area contributed by atoms with Gasteiger partial charge in [-0.15, -0.1) is 0 Å². The quantitative estimate of drug-likeness (QED) is 0.815. The van der Waals surface area contributed by atoms with Crippen LogP contribution in [0.3, 0.4) is 0 Å². The molecule has 1 heterocycles. The second kappa shape index (κ2) is 6.26. The molecular formula is C11H20F3N3O. The van der Waals surface area contributed by atoms with E-state index < -0.39 is 18.8 Å². The highest BCUT2D eigenvalue weighted by Crippen LogP contribution is 2.17. The summed E-state index contributed by atoms with van der Waals surface area (Å²) in [5.74, 6) is 0.246. The first kappa shape index (κ1) is 15.1. The molecule has 0 aromatic carbocycles. The van der Waals surface area contributed by atoms with E-state index in [2.05, 4.69) is 5.32 Å². The first-order chi connectivity index (χ1) is 8.33. The highest BCUT2D eigenvalue weighted by Gasteiger charge is 2.31. The molecule has 0 bridgehead atoms. The van der Waals surface area contributed by atoms with Crippen molar-refractivity contribution in [3.63, 3.8) is 0 Å². The fourth-order valence-electron chi connectivity index (χ4n) is 2.18. The van der Waals surface area contributed by atoms with E-state index in [9.17, 15) is 18.0 Å². The van der Waals surface area contributed by atoms with Gasteiger partial charge in [-0.05, 0) is 18.9 Å². The number of urea groups is 1. The molecule has 2 atom stereocenters. The molecule has 1 rings (SSSR count). The van der Waals surface area contributed by atoms with Gasteiger partial charge in [-0.3, -0.25) is 0 Å². The molecule has 0 spiro atoms. The third-order valence-corrected chi connectivity index (χ3v) is 3.10. The molecule has 106 valence electrons. The second-order valence-electron chi connectivity index (χ2n) is 4.65. The van der Waals surface area contributed by atoms with Crippen LogP contribution in [0.4, 0.5) is 18.0 Å². The average molecular weight is 267 g/mol. The third kappa shape index (κ3) is 4.72. The zero-order valence-corrected chi connectivity index (χ0v) is 10.7. The summed E-state index contributed by atoms with van der Waals surface area (Å²) in [4.78, 5) is 13.0. The lowest BCUT2D eigenvalue weighted by molar-refractivity contribution is -0.123. The van der Waals surface area contributed by atoms with Crippen LogP contribution in [0.15, 0.2) is 0 Å². The Morgan fingerprint density at radius 3 is 2.61 bits per heavy atom. The number of carbonyl (C=O) groups excluding carboxylic acids is 1. The number of nitrogens with one attached hydrogen (secondary N) is 2. The lowest BCUT2D eigenvalue weighted by Gasteiger charge is -2.37. The van der Waals surface area contributed by atoms with E-state index in [0.29, 0.717) is 19.1 Å². The first-order valence-electron chi connectivity index (χ1n) is 6.16. The van der Waals surface area contributed by atoms with Gasteiger partial charge in [0.1, 0.15) is 6.54 Å². The van der Waals surface area contributed by atoms with Crippen molar-refractivity contribution < 1.29 is 18.0 Å². The van der Waals surface area contributed by atoms with Crippen LogP contribution in [-0.2, 0) is 0 Å². The van der Waals surface area contributed by atoms with Crippen LogP contribution in [0, 0.1) is 5.92 Å². The van der Waals surface area contributed by atoms with E-state index in [1.807, 2.05) is 19.2 Å². The number of hydrogen-bond donors (Lipinski definition) is 2. The van der Waals surface area contributed by atoms with Gasteiger partial charge in [0, 0.05) is 19.1 Å². The standard InChI is InChI=1S/C11H20F3N3O/c1-3-15-9-4-5-17(6-8(9)2)10(18)16-7-11(12,13)14/h8-9,15H,3-7H2,1-2H3,(H,16,18). The maximum absolute atomic E-state index is 12.0. The molecule has 0 saturated carbocycles. The molecule has 1 aliphatic rings. The van der Waals surface area contributed by atoms with Crippen molar-refractivity contribution in [1.29, 1.82) is 0 Å². The van der Waals surface area contributed by atoms with E-state index in [1.165, 1.54) is 4.90 Å². The summed E-state index contributed by atoms with van der Waals surface area (Å²) in [6.07, 6.45) is -3.59. The molecular weight excluding hydrogens is 247 g/mol. The summed E-state index contributed by atoms with van der Waals surface area (Å²) in [7, 11) is 0. The summed E-state index contributed by atoms with van der Waals surface area (Å²) >= 11 is 0. The first-order valence-corrected chi connectivity index (χ1v) is 6.16. The maximum atomic E-state index is 12.0. The SMILES string of the molecule is CCNC1CCN(C(=O)NCC(F)(F)F)CC1C. The van der Waals surface area contributed by atoms with Gasteiger partial charge in [0.15, 0.2) is 0 Å². The van der Waals surface area contributed by atoms with Crippen molar-refractivity contribution in [3.05, 3.63) is 0 Å². The minimum Gasteiger partial charge on any atom is -0.329 e. The fourth-order valence-corrected chi connectivity index (χ4v) is 2.18. The Morgan fingerprint density at radius 2 is 2.11 bits per heavy atom. The topological polar surface area (TPSA) is 44.4 Å². The molecule has 1 saturated heterocycles. The Bertz CT molecular complexity index is 283. The highest BCUT2D eigenvalue weighted by atomic mass is 19.4. The zero-order valence-electron chi connectivity index (χ0n) is 10.7. The number of carbonyl (C=O) groups is 1. The van der Waals surface area contributed by atoms with E-state index >= 15 is 0 Å². The molecule has 7 heteroatoms. The Hall–Kier alpha value is -0.980. The second-order valence-corrected chi connectivity index (χ2v) is 4.65. The molecule has 1 aliphatic heterocycles. The smallest absolute Gasteiger partial charge is 0.329 e. The summed E-state index contributed by atoms with van der Waals surface area (Å²) in [6, 6.07) is -0.296. The van der Waals surface area contributed by atoms with Crippen LogP contribution in [0.2, 0.25) is 0 Å². The third-order valence-electron chi connectivity index (χ3n) is 3.10. The van der Waals surface area contributed by atoms with E-state index in [-0.39, 0.29) is 5.92 Å². The Balaban J connectivity index is 2.38. The number of likely N-dealkylation sites (tertiary alicyclic amines) is 1. The van der Waals surface area contributed by atoms with Gasteiger partial charge in [0.2, 0.25) is 0 Å². The fraction of sp³-hybridized carbons (Fsp3) is 0.909. The summed E-state index contributed by atoms with van der Waals surface area (Å²) in [5.41, 5.74) is 0. The van der Waals surface area contributed by atoms with Crippen LogP contribution < -0.4 is 10.6 Å². The van der Waals surface area contributed by atoms with Crippen LogP contribution >= 0.6 is 0 Å². The lowest BCUT2D eigenvalue weighted by Crippen LogP contribution is -2.53. The minimum absolute atomic E-state index is 0.246. The van der Waals surface area contributed by atoms with Crippen molar-refractivity contribution in [2.45, 2.75) is 32.5 Å². The molecule has 0 aromatic rings. The molecule has 18 heavy (non-hydrogen) atoms. The summed E-state index contributed by atoms with van der Waals surface area (Å²) < 4.78 is 35.9. The number of piperidine rings is 1. The van der Waals surface area contributed by atoms with Crippen molar-refractivity contribution in [2.75, 3.05) is 26.2 Å². The number of hydrogen-bond acceptors (Lipinski definition) is 2. The molecule has 2 amide bonds. The van der Waals surface area contributed by atoms with Gasteiger partial charge in [-0.2, -0.15) is 13.2 Å². The van der Waals surface area contributed by atoms with Crippen molar-refractivity contribution in [1.82, 2.24) is 15.5 Å². The molecule has 2 unspecified atom stereocenters. The highest BCUT2D eigenvalue weighted by molar-refractivity contribution is 5.74. The number of nitrogens with zero attached hydrogens (tertiary/aromatic N) is 1. The van der Waals surface area contributed by atoms with E-state index in [1.54, 1.807) is 0 Å². The maximum Gasteiger partial charge on any atom is 0.405 e. The Morgan fingerprint density at radius 1 is 1.44 bits per heavy atom. The number of halogens is 3. The van der Waals surface area contributed by atoms with Gasteiger partial charge in [0.05, 0.1) is 0 Å². The van der Waals surface area contributed by atoms with Crippen molar-refractivity contribution in [2.24, 2.45) is 5.92 Å². The van der Waals surface area contributed by atoms with Gasteiger partial charge in [-0.25, -0.2) is 4.79 Å². The number of alkyl halides is 3. The summed E-state index contributed by atoms with van der Waals surface area (Å²) in [6.45, 7) is 4.57. The number of rotatable bonds is 3. The van der Waals surface area contributed by atoms with E-state index in [0.717, 1.165) is 13.0 Å². The molecule has 1 fully saturated rings. The zero-order chi connectivity index (χ0) is 13.8. The molecule has 2 N–H and O–H groups in total. The van der Waals surface area contributed by atoms with Crippen LogP contribution in [0.25, 0.3) is 0 Å². The van der Waals surface area contributed by atoms with Crippen LogP contribution in [0.5, 0.6) is 0 Å². The van der Waals surface area contributed by atoms with Crippen molar-refractivity contribution >= 4 is 6.03 Å². The number of amides is 2. The monoisotopic (exact) mass is 267 g/mol. The van der Waals surface area contributed by atoms with Crippen LogP contribution in [-0.4, -0.2) is 49.3 Å². The lowest BCUT2D eigenvalue weighted by atomic mass is 9.94. The molecule has 0 aromatic heterocycles. The Kier molecular flexibility index (Phi) is 5.25. The molecule has 0 aliphatic carbocycles. The normalized spacial score (nSPS) is 25.1. The average Bonchev–Trinajstić information content (AvgIpc) is 2.28. The minimum atomic E-state index is -4.36. The molecule has 4 nitrogen and oxygen atoms in total. The van der Waals surface area contributed by atoms with Gasteiger partial charge in [-0.1, -0.05) is 13.8 Å². The van der Waals surface area contributed by atoms with Gasteiger partial charge in [0.25, 0.3) is 0 Å².